The molecule has 0 heterocycles. The first-order chi connectivity index (χ1) is 10.0. The lowest BCUT2D eigenvalue weighted by Gasteiger charge is -2.15. The first-order valence-electron chi connectivity index (χ1n) is 6.82. The number of carbonyl (C=O) groups is 2. The molecule has 21 heavy (non-hydrogen) atoms. The van der Waals surface area contributed by atoms with E-state index in [0.29, 0.717) is 12.1 Å². The number of likely N-dealkylation sites (N-methyl/N-ethyl adjacent to an activating group) is 1. The molecule has 112 valence electrons. The topological polar surface area (TPSA) is 75.4 Å². The van der Waals surface area contributed by atoms with E-state index >= 15 is 0 Å². The van der Waals surface area contributed by atoms with Gasteiger partial charge in [-0.3, -0.25) is 9.59 Å². The van der Waals surface area contributed by atoms with Crippen LogP contribution in [0.1, 0.15) is 28.4 Å². The van der Waals surface area contributed by atoms with Gasteiger partial charge in [0.15, 0.2) is 0 Å². The van der Waals surface area contributed by atoms with Crippen LogP contribution in [0.5, 0.6) is 0 Å². The summed E-state index contributed by atoms with van der Waals surface area (Å²) in [5.41, 5.74) is 7.42. The van der Waals surface area contributed by atoms with E-state index in [1.807, 2.05) is 19.9 Å². The Kier molecular flexibility index (Phi) is 6.44. The summed E-state index contributed by atoms with van der Waals surface area (Å²) in [6, 6.07) is 5.32. The fraction of sp³-hybridized carbons (Fsp3) is 0.375. The lowest BCUT2D eigenvalue weighted by molar-refractivity contribution is -0.128. The summed E-state index contributed by atoms with van der Waals surface area (Å²) in [6.45, 7) is 4.58. The van der Waals surface area contributed by atoms with Gasteiger partial charge in [-0.25, -0.2) is 0 Å². The van der Waals surface area contributed by atoms with Crippen LogP contribution in [0.25, 0.3) is 0 Å². The zero-order valence-electron chi connectivity index (χ0n) is 12.7. The van der Waals surface area contributed by atoms with E-state index < -0.39 is 0 Å². The smallest absolute Gasteiger partial charge is 0.252 e. The summed E-state index contributed by atoms with van der Waals surface area (Å²) in [5, 5.41) is 2.64. The van der Waals surface area contributed by atoms with Crippen LogP contribution < -0.4 is 11.1 Å². The average Bonchev–Trinajstić information content (AvgIpc) is 2.50. The lowest BCUT2D eigenvalue weighted by atomic mass is 10.0. The Hall–Kier alpha value is -2.32. The fourth-order valence-corrected chi connectivity index (χ4v) is 1.73. The number of rotatable bonds is 4. The number of carbonyl (C=O) groups excluding carboxylic acids is 2. The molecule has 3 N–H and O–H groups in total. The Bertz CT molecular complexity index is 585. The summed E-state index contributed by atoms with van der Waals surface area (Å²) < 4.78 is 0. The highest BCUT2D eigenvalue weighted by Crippen LogP contribution is 2.12. The maximum absolute atomic E-state index is 12.2. The third kappa shape index (κ3) is 4.62. The largest absolute Gasteiger partial charge is 0.345 e. The van der Waals surface area contributed by atoms with Gasteiger partial charge in [0, 0.05) is 24.7 Å². The highest BCUT2D eigenvalue weighted by Gasteiger charge is 2.13. The Morgan fingerprint density at radius 3 is 2.71 bits per heavy atom. The van der Waals surface area contributed by atoms with E-state index in [-0.39, 0.29) is 24.9 Å². The third-order valence-corrected chi connectivity index (χ3v) is 3.20. The molecule has 1 aromatic carbocycles. The summed E-state index contributed by atoms with van der Waals surface area (Å²) in [6.07, 6.45) is 0. The van der Waals surface area contributed by atoms with Crippen molar-refractivity contribution in [2.24, 2.45) is 5.73 Å². The molecule has 0 saturated carbocycles. The van der Waals surface area contributed by atoms with E-state index in [4.69, 9.17) is 5.73 Å². The normalized spacial score (nSPS) is 9.52. The molecular weight excluding hydrogens is 266 g/mol. The van der Waals surface area contributed by atoms with Crippen LogP contribution >= 0.6 is 0 Å². The second kappa shape index (κ2) is 8.08. The predicted octanol–water partition coefficient (Wildman–Crippen LogP) is 0.513. The standard InChI is InChI=1S/C16H21N3O2/c1-4-19(3)15(20)11-18-16(21)14-9-5-7-13(12(14)2)8-6-10-17/h5,7,9H,4,10-11,17H2,1-3H3,(H,18,21). The number of nitrogens with two attached hydrogens (primary N) is 1. The van der Waals surface area contributed by atoms with Crippen molar-refractivity contribution in [3.8, 4) is 11.8 Å². The highest BCUT2D eigenvalue weighted by atomic mass is 16.2. The molecule has 0 unspecified atom stereocenters. The molecule has 1 rings (SSSR count). The van der Waals surface area contributed by atoms with Gasteiger partial charge in [0.1, 0.15) is 0 Å². The number of hydrogen-bond acceptors (Lipinski definition) is 3. The average molecular weight is 287 g/mol. The SMILES string of the molecule is CCN(C)C(=O)CNC(=O)c1cccc(C#CCN)c1C. The Balaban J connectivity index is 2.82. The first-order valence-corrected chi connectivity index (χ1v) is 6.82. The quantitative estimate of drug-likeness (QED) is 0.792. The molecule has 0 bridgehead atoms. The van der Waals surface area contributed by atoms with Crippen molar-refractivity contribution in [2.75, 3.05) is 26.7 Å². The molecule has 0 fully saturated rings. The van der Waals surface area contributed by atoms with Gasteiger partial charge in [0.25, 0.3) is 5.91 Å². The van der Waals surface area contributed by atoms with Crippen molar-refractivity contribution in [1.29, 1.82) is 0 Å². The van der Waals surface area contributed by atoms with Crippen molar-refractivity contribution in [3.05, 3.63) is 34.9 Å². The second-order valence-corrected chi connectivity index (χ2v) is 4.57. The summed E-state index contributed by atoms with van der Waals surface area (Å²) in [7, 11) is 1.70. The zero-order valence-corrected chi connectivity index (χ0v) is 12.7. The van der Waals surface area contributed by atoms with Crippen LogP contribution in [0, 0.1) is 18.8 Å². The number of amides is 2. The highest BCUT2D eigenvalue weighted by molar-refractivity contribution is 5.98. The molecule has 0 radical (unpaired) electrons. The first kappa shape index (κ1) is 16.7. The van der Waals surface area contributed by atoms with Crippen LogP contribution in [0.15, 0.2) is 18.2 Å². The van der Waals surface area contributed by atoms with Crippen LogP contribution in [0.2, 0.25) is 0 Å². The molecule has 0 aliphatic heterocycles. The van der Waals surface area contributed by atoms with Crippen LogP contribution in [0.3, 0.4) is 0 Å². The van der Waals surface area contributed by atoms with Crippen LogP contribution in [0.4, 0.5) is 0 Å². The number of nitrogens with one attached hydrogen (secondary N) is 1. The molecule has 2 amide bonds. The predicted molar refractivity (Wildman–Crippen MR) is 82.8 cm³/mol. The van der Waals surface area contributed by atoms with Crippen LogP contribution in [-0.2, 0) is 4.79 Å². The number of nitrogens with zero attached hydrogens (tertiary/aromatic N) is 1. The van der Waals surface area contributed by atoms with Gasteiger partial charge in [-0.2, -0.15) is 0 Å². The molecule has 0 aliphatic rings. The van der Waals surface area contributed by atoms with Crippen molar-refractivity contribution >= 4 is 11.8 Å². The third-order valence-electron chi connectivity index (χ3n) is 3.20. The maximum Gasteiger partial charge on any atom is 0.252 e. The van der Waals surface area contributed by atoms with E-state index in [1.54, 1.807) is 24.1 Å². The number of hydrogen-bond donors (Lipinski definition) is 2. The van der Waals surface area contributed by atoms with Crippen molar-refractivity contribution < 1.29 is 9.59 Å². The molecular formula is C16H21N3O2. The molecule has 0 aliphatic carbocycles. The Labute approximate surface area is 125 Å². The van der Waals surface area contributed by atoms with Gasteiger partial charge in [-0.15, -0.1) is 0 Å². The minimum Gasteiger partial charge on any atom is -0.345 e. The van der Waals surface area contributed by atoms with Gasteiger partial charge in [-0.05, 0) is 31.5 Å². The molecule has 0 aromatic heterocycles. The Morgan fingerprint density at radius 2 is 2.10 bits per heavy atom. The summed E-state index contributed by atoms with van der Waals surface area (Å²) in [5.74, 6) is 5.30. The monoisotopic (exact) mass is 287 g/mol. The molecule has 5 nitrogen and oxygen atoms in total. The van der Waals surface area contributed by atoms with E-state index in [0.717, 1.165) is 11.1 Å². The van der Waals surface area contributed by atoms with Gasteiger partial charge in [0.2, 0.25) is 5.91 Å². The van der Waals surface area contributed by atoms with E-state index in [9.17, 15) is 9.59 Å². The van der Waals surface area contributed by atoms with E-state index in [2.05, 4.69) is 17.2 Å². The molecule has 0 atom stereocenters. The molecule has 0 saturated heterocycles. The van der Waals surface area contributed by atoms with Gasteiger partial charge in [0.05, 0.1) is 13.1 Å². The molecule has 5 heteroatoms. The van der Waals surface area contributed by atoms with E-state index in [1.165, 1.54) is 0 Å². The minimum absolute atomic E-state index is 0.0126. The van der Waals surface area contributed by atoms with Gasteiger partial charge < -0.3 is 16.0 Å². The van der Waals surface area contributed by atoms with Crippen LogP contribution in [-0.4, -0.2) is 43.4 Å². The fourth-order valence-electron chi connectivity index (χ4n) is 1.73. The van der Waals surface area contributed by atoms with Gasteiger partial charge >= 0.3 is 0 Å². The molecule has 1 aromatic rings. The summed E-state index contributed by atoms with van der Waals surface area (Å²) in [4.78, 5) is 25.4. The van der Waals surface area contributed by atoms with Crippen molar-refractivity contribution in [3.63, 3.8) is 0 Å². The lowest BCUT2D eigenvalue weighted by Crippen LogP contribution is -2.38. The number of benzene rings is 1. The minimum atomic E-state index is -0.276. The zero-order chi connectivity index (χ0) is 15.8. The molecule has 0 spiro atoms. The van der Waals surface area contributed by atoms with Gasteiger partial charge in [-0.1, -0.05) is 17.9 Å². The summed E-state index contributed by atoms with van der Waals surface area (Å²) >= 11 is 0. The maximum atomic E-state index is 12.2. The Morgan fingerprint density at radius 1 is 1.38 bits per heavy atom. The van der Waals surface area contributed by atoms with Crippen molar-refractivity contribution in [2.45, 2.75) is 13.8 Å². The second-order valence-electron chi connectivity index (χ2n) is 4.57. The van der Waals surface area contributed by atoms with Crippen molar-refractivity contribution in [1.82, 2.24) is 10.2 Å².